The summed E-state index contributed by atoms with van der Waals surface area (Å²) >= 11 is 0. The first-order valence-corrected chi connectivity index (χ1v) is 9.20. The molecule has 2 aliphatic rings. The zero-order valence-electron chi connectivity index (χ0n) is 15.0. The highest BCUT2D eigenvalue weighted by Gasteiger charge is 2.31. The topological polar surface area (TPSA) is 29.5 Å². The van der Waals surface area contributed by atoms with Crippen molar-refractivity contribution in [2.24, 2.45) is 11.8 Å². The molecule has 0 saturated carbocycles. The van der Waals surface area contributed by atoms with Crippen molar-refractivity contribution in [2.75, 3.05) is 20.2 Å². The number of nitrogens with zero attached hydrogens (tertiary/aromatic N) is 1. The van der Waals surface area contributed by atoms with Crippen LogP contribution < -0.4 is 0 Å². The van der Waals surface area contributed by atoms with E-state index in [9.17, 15) is 4.79 Å². The average molecular weight is 327 g/mol. The molecule has 1 saturated heterocycles. The van der Waals surface area contributed by atoms with E-state index in [1.807, 2.05) is 0 Å². The summed E-state index contributed by atoms with van der Waals surface area (Å²) in [4.78, 5) is 14.3. The maximum Gasteiger partial charge on any atom is 0.159 e. The summed E-state index contributed by atoms with van der Waals surface area (Å²) in [5, 5.41) is 0. The first-order valence-electron chi connectivity index (χ1n) is 9.20. The SMILES string of the molecule is COC1=C(C(C)=O)CCC(C2CCN(Cc3ccccc3)CC2)C1. The molecule has 0 aromatic heterocycles. The summed E-state index contributed by atoms with van der Waals surface area (Å²) in [6.45, 7) is 5.09. The monoisotopic (exact) mass is 327 g/mol. The summed E-state index contributed by atoms with van der Waals surface area (Å²) in [6, 6.07) is 10.7. The molecule has 0 bridgehead atoms. The normalized spacial score (nSPS) is 23.3. The fourth-order valence-electron chi connectivity index (χ4n) is 4.34. The molecule has 3 heteroatoms. The molecule has 3 rings (SSSR count). The molecule has 1 atom stereocenters. The van der Waals surface area contributed by atoms with Gasteiger partial charge >= 0.3 is 0 Å². The van der Waals surface area contributed by atoms with Crippen molar-refractivity contribution in [1.82, 2.24) is 4.90 Å². The minimum atomic E-state index is 0.183. The molecule has 0 spiro atoms. The predicted molar refractivity (Wildman–Crippen MR) is 96.5 cm³/mol. The van der Waals surface area contributed by atoms with Crippen molar-refractivity contribution in [1.29, 1.82) is 0 Å². The van der Waals surface area contributed by atoms with Crippen LogP contribution in [-0.2, 0) is 16.1 Å². The van der Waals surface area contributed by atoms with E-state index in [0.717, 1.165) is 43.1 Å². The van der Waals surface area contributed by atoms with Crippen LogP contribution >= 0.6 is 0 Å². The van der Waals surface area contributed by atoms with Gasteiger partial charge < -0.3 is 4.74 Å². The Balaban J connectivity index is 1.53. The Bertz CT molecular complexity index is 585. The second-order valence-electron chi connectivity index (χ2n) is 7.26. The number of ketones is 1. The van der Waals surface area contributed by atoms with Gasteiger partial charge in [-0.1, -0.05) is 30.3 Å². The van der Waals surface area contributed by atoms with Crippen LogP contribution in [0.5, 0.6) is 0 Å². The van der Waals surface area contributed by atoms with Crippen molar-refractivity contribution in [2.45, 2.75) is 45.6 Å². The molecule has 1 unspecified atom stereocenters. The molecule has 24 heavy (non-hydrogen) atoms. The number of carbonyl (C=O) groups is 1. The number of ether oxygens (including phenoxy) is 1. The van der Waals surface area contributed by atoms with Crippen molar-refractivity contribution >= 4 is 5.78 Å². The number of hydrogen-bond donors (Lipinski definition) is 0. The van der Waals surface area contributed by atoms with Crippen LogP contribution in [0.15, 0.2) is 41.7 Å². The molecule has 1 aliphatic carbocycles. The second kappa shape index (κ2) is 7.98. The van der Waals surface area contributed by atoms with Crippen molar-refractivity contribution < 1.29 is 9.53 Å². The Morgan fingerprint density at radius 2 is 1.83 bits per heavy atom. The molecule has 0 N–H and O–H groups in total. The van der Waals surface area contributed by atoms with Gasteiger partial charge in [0.15, 0.2) is 5.78 Å². The van der Waals surface area contributed by atoms with Crippen LogP contribution in [0.2, 0.25) is 0 Å². The van der Waals surface area contributed by atoms with Crippen molar-refractivity contribution in [3.8, 4) is 0 Å². The highest BCUT2D eigenvalue weighted by Crippen LogP contribution is 2.38. The van der Waals surface area contributed by atoms with E-state index in [1.54, 1.807) is 14.0 Å². The molecule has 1 aromatic carbocycles. The number of carbonyl (C=O) groups excluding carboxylic acids is 1. The van der Waals surface area contributed by atoms with Gasteiger partial charge in [0.25, 0.3) is 0 Å². The van der Waals surface area contributed by atoms with Gasteiger partial charge in [-0.3, -0.25) is 9.69 Å². The first-order chi connectivity index (χ1) is 11.7. The number of hydrogen-bond acceptors (Lipinski definition) is 3. The Kier molecular flexibility index (Phi) is 5.72. The van der Waals surface area contributed by atoms with Gasteiger partial charge in [0, 0.05) is 18.5 Å². The number of benzene rings is 1. The van der Waals surface area contributed by atoms with E-state index in [2.05, 4.69) is 35.2 Å². The number of rotatable bonds is 5. The molecule has 1 aliphatic heterocycles. The third kappa shape index (κ3) is 4.07. The number of allylic oxidation sites excluding steroid dienone is 2. The second-order valence-corrected chi connectivity index (χ2v) is 7.26. The minimum absolute atomic E-state index is 0.183. The van der Waals surface area contributed by atoms with Crippen LogP contribution in [0.25, 0.3) is 0 Å². The maximum atomic E-state index is 11.7. The molecule has 1 fully saturated rings. The zero-order valence-corrected chi connectivity index (χ0v) is 15.0. The Hall–Kier alpha value is -1.61. The van der Waals surface area contributed by atoms with Crippen LogP contribution in [0.4, 0.5) is 0 Å². The molecule has 3 nitrogen and oxygen atoms in total. The van der Waals surface area contributed by atoms with Gasteiger partial charge in [-0.25, -0.2) is 0 Å². The van der Waals surface area contributed by atoms with Crippen LogP contribution in [0, 0.1) is 11.8 Å². The van der Waals surface area contributed by atoms with Gasteiger partial charge in [-0.2, -0.15) is 0 Å². The Morgan fingerprint density at radius 1 is 1.12 bits per heavy atom. The number of Topliss-reactive ketones (excluding diaryl/α,β-unsaturated/α-hetero) is 1. The van der Waals surface area contributed by atoms with Crippen molar-refractivity contribution in [3.05, 3.63) is 47.2 Å². The summed E-state index contributed by atoms with van der Waals surface area (Å²) in [6.07, 6.45) is 5.53. The van der Waals surface area contributed by atoms with E-state index in [0.29, 0.717) is 5.92 Å². The van der Waals surface area contributed by atoms with E-state index in [-0.39, 0.29) is 5.78 Å². The lowest BCUT2D eigenvalue weighted by Crippen LogP contribution is -2.36. The predicted octanol–water partition coefficient (Wildman–Crippen LogP) is 4.19. The van der Waals surface area contributed by atoms with Crippen molar-refractivity contribution in [3.63, 3.8) is 0 Å². The molecular formula is C21H29NO2. The zero-order chi connectivity index (χ0) is 16.9. The fraction of sp³-hybridized carbons (Fsp3) is 0.571. The lowest BCUT2D eigenvalue weighted by molar-refractivity contribution is -0.114. The highest BCUT2D eigenvalue weighted by atomic mass is 16.5. The smallest absolute Gasteiger partial charge is 0.159 e. The fourth-order valence-corrected chi connectivity index (χ4v) is 4.34. The molecule has 0 radical (unpaired) electrons. The standard InChI is InChI=1S/C21H29NO2/c1-16(23)20-9-8-19(14-21(20)24-2)18-10-12-22(13-11-18)15-17-6-4-3-5-7-17/h3-7,18-19H,8-15H2,1-2H3. The third-order valence-corrected chi connectivity index (χ3v) is 5.77. The van der Waals surface area contributed by atoms with Crippen LogP contribution in [-0.4, -0.2) is 30.9 Å². The van der Waals surface area contributed by atoms with Gasteiger partial charge in [0.1, 0.15) is 5.76 Å². The highest BCUT2D eigenvalue weighted by molar-refractivity contribution is 5.93. The van der Waals surface area contributed by atoms with Crippen LogP contribution in [0.1, 0.15) is 44.6 Å². The van der Waals surface area contributed by atoms with E-state index in [4.69, 9.17) is 4.74 Å². The molecule has 130 valence electrons. The largest absolute Gasteiger partial charge is 0.501 e. The van der Waals surface area contributed by atoms with Gasteiger partial charge in [-0.15, -0.1) is 0 Å². The van der Waals surface area contributed by atoms with E-state index >= 15 is 0 Å². The molecule has 0 amide bonds. The van der Waals surface area contributed by atoms with Crippen LogP contribution in [0.3, 0.4) is 0 Å². The lowest BCUT2D eigenvalue weighted by atomic mass is 9.75. The summed E-state index contributed by atoms with van der Waals surface area (Å²) in [5.41, 5.74) is 2.33. The molecule has 1 heterocycles. The lowest BCUT2D eigenvalue weighted by Gasteiger charge is -2.38. The molecule has 1 aromatic rings. The van der Waals surface area contributed by atoms with Gasteiger partial charge in [-0.05, 0) is 63.1 Å². The quantitative estimate of drug-likeness (QED) is 0.812. The summed E-state index contributed by atoms with van der Waals surface area (Å²) in [7, 11) is 1.71. The average Bonchev–Trinajstić information content (AvgIpc) is 2.62. The number of methoxy groups -OCH3 is 1. The Morgan fingerprint density at radius 3 is 2.46 bits per heavy atom. The third-order valence-electron chi connectivity index (χ3n) is 5.77. The Labute approximate surface area is 145 Å². The summed E-state index contributed by atoms with van der Waals surface area (Å²) < 4.78 is 5.53. The number of likely N-dealkylation sites (tertiary alicyclic amines) is 1. The minimum Gasteiger partial charge on any atom is -0.501 e. The van der Waals surface area contributed by atoms with Gasteiger partial charge in [0.05, 0.1) is 7.11 Å². The van der Waals surface area contributed by atoms with E-state index in [1.165, 1.54) is 31.5 Å². The first kappa shape index (κ1) is 17.2. The number of piperidine rings is 1. The summed E-state index contributed by atoms with van der Waals surface area (Å²) in [5.74, 6) is 2.59. The molecular weight excluding hydrogens is 298 g/mol. The van der Waals surface area contributed by atoms with E-state index < -0.39 is 0 Å². The maximum absolute atomic E-state index is 11.7. The van der Waals surface area contributed by atoms with Gasteiger partial charge in [0.2, 0.25) is 0 Å².